The number of amides is 4. The Morgan fingerprint density at radius 2 is 0.681 bits per heavy atom. The van der Waals surface area contributed by atoms with Crippen molar-refractivity contribution < 1.29 is 63.3 Å². The summed E-state index contributed by atoms with van der Waals surface area (Å²) in [6, 6.07) is 55.3. The molecule has 9 rings (SSSR count). The van der Waals surface area contributed by atoms with Crippen molar-refractivity contribution in [2.24, 2.45) is 5.14 Å². The van der Waals surface area contributed by atoms with Gasteiger partial charge in [0.05, 0.1) is 21.3 Å². The van der Waals surface area contributed by atoms with Crippen LogP contribution in [0.25, 0.3) is 33.4 Å². The number of nitrogen functional groups attached to an aromatic ring is 1. The van der Waals surface area contributed by atoms with Crippen LogP contribution in [0.3, 0.4) is 0 Å². The van der Waals surface area contributed by atoms with E-state index in [0.717, 1.165) is 50.6 Å². The summed E-state index contributed by atoms with van der Waals surface area (Å²) in [7, 11) is -7.68. The molecule has 0 unspecified atom stereocenters. The zero-order valence-corrected chi connectivity index (χ0v) is 55.4. The molecule has 0 saturated carbocycles. The van der Waals surface area contributed by atoms with Crippen LogP contribution in [0, 0.1) is 0 Å². The molecule has 0 fully saturated rings. The molecule has 94 heavy (non-hydrogen) atoms. The third-order valence-corrected chi connectivity index (χ3v) is 16.7. The van der Waals surface area contributed by atoms with Gasteiger partial charge in [0.15, 0.2) is 0 Å². The molecule has 0 aliphatic carbocycles. The lowest BCUT2D eigenvalue weighted by Crippen LogP contribution is -2.48. The van der Waals surface area contributed by atoms with E-state index in [1.807, 2.05) is 113 Å². The number of primary sulfonamides is 1. The molecule has 0 radical (unpaired) electrons. The first kappa shape index (κ1) is 75.2. The van der Waals surface area contributed by atoms with Crippen LogP contribution >= 0.6 is 23.2 Å². The smallest absolute Gasteiger partial charge is 0.329 e. The molecule has 4 amide bonds. The van der Waals surface area contributed by atoms with Crippen molar-refractivity contribution in [3.05, 3.63) is 210 Å². The van der Waals surface area contributed by atoms with E-state index in [-0.39, 0.29) is 62.5 Å². The molecule has 20 nitrogen and oxygen atoms in total. The number of halogens is 2. The Morgan fingerprint density at radius 3 is 0.989 bits per heavy atom. The summed E-state index contributed by atoms with van der Waals surface area (Å²) in [6.07, 6.45) is 0. The van der Waals surface area contributed by atoms with Gasteiger partial charge in [-0.1, -0.05) is 111 Å². The zero-order valence-electron chi connectivity index (χ0n) is 51.4. The van der Waals surface area contributed by atoms with Gasteiger partial charge < -0.3 is 44.8 Å². The van der Waals surface area contributed by atoms with Crippen molar-refractivity contribution >= 4 is 71.0 Å². The highest BCUT2D eigenvalue weighted by Crippen LogP contribution is 2.37. The first-order valence-electron chi connectivity index (χ1n) is 27.8. The monoisotopic (exact) mass is 1380 g/mol. The second-order valence-corrected chi connectivity index (χ2v) is 27.8. The van der Waals surface area contributed by atoms with Crippen molar-refractivity contribution in [3.63, 3.8) is 0 Å². The molecule has 9 aromatic carbocycles. The predicted molar refractivity (Wildman–Crippen MR) is 371 cm³/mol. The van der Waals surface area contributed by atoms with Crippen LogP contribution in [-0.2, 0) is 30.1 Å². The van der Waals surface area contributed by atoms with E-state index >= 15 is 0 Å². The van der Waals surface area contributed by atoms with E-state index in [9.17, 15) is 34.8 Å². The molecule has 0 bridgehead atoms. The maximum Gasteiger partial charge on any atom is 0.329 e. The largest absolute Gasteiger partial charge is 0.497 e. The minimum absolute atomic E-state index is 0. The number of anilines is 1. The minimum Gasteiger partial charge on any atom is -0.497 e. The molecule has 25 heteroatoms. The molecule has 9 aromatic rings. The average molecular weight is 1380 g/mol. The second-order valence-electron chi connectivity index (χ2n) is 22.1. The Kier molecular flexibility index (Phi) is 25.9. The number of carbonyl (C=O) groups is 2. The molecule has 0 atom stereocenters. The summed E-state index contributed by atoms with van der Waals surface area (Å²) in [5, 5.41) is 10.8. The normalized spacial score (nSPS) is 11.2. The van der Waals surface area contributed by atoms with Crippen LogP contribution in [0.5, 0.6) is 51.7 Å². The Bertz CT molecular complexity index is 4240. The number of ether oxygens (including phenoxy) is 6. The van der Waals surface area contributed by atoms with E-state index in [2.05, 4.69) is 10.6 Å². The molecular formula is C69H76Cl2N6O14S3. The number of methoxy groups -OCH3 is 3. The van der Waals surface area contributed by atoms with Gasteiger partial charge >= 0.3 is 12.1 Å². The summed E-state index contributed by atoms with van der Waals surface area (Å²) < 4.78 is 112. The van der Waals surface area contributed by atoms with Gasteiger partial charge in [-0.15, -0.1) is 0 Å². The van der Waals surface area contributed by atoms with Gasteiger partial charge in [0.2, 0.25) is 10.0 Å². The zero-order chi connectivity index (χ0) is 67.2. The van der Waals surface area contributed by atoms with Crippen LogP contribution in [0.1, 0.15) is 56.4 Å². The van der Waals surface area contributed by atoms with E-state index < -0.39 is 53.2 Å². The number of benzene rings is 9. The van der Waals surface area contributed by atoms with Gasteiger partial charge in [0, 0.05) is 26.8 Å². The SMILES string of the molecule is C.C.COc1ccc(-c2cccc(Oc3ccc(Cl)cc3S(=O)(=O)NC(=O)NC(C)(C)C)c2)cc1.COc1ccc(-c2cccc(Oc3ccc(Cl)cc3S(N)(=O)=O)c2)cc1.COc1ccc(-c2cccc(Oc3ccc(N)cc3S(=O)(=O)NC(=O)NC(C)(C)C)c2)cc1. The van der Waals surface area contributed by atoms with Crippen molar-refractivity contribution in [1.29, 1.82) is 0 Å². The molecule has 0 aliphatic heterocycles. The molecule has 0 aliphatic rings. The molecule has 498 valence electrons. The quantitative estimate of drug-likeness (QED) is 0.0462. The molecule has 8 N–H and O–H groups in total. The van der Waals surface area contributed by atoms with E-state index in [1.54, 1.807) is 111 Å². The Morgan fingerprint density at radius 1 is 0.383 bits per heavy atom. The standard InChI is InChI=1S/C24H25ClN2O5S.C24H27N3O5S.C19H16ClNO4S.2CH4/c2*1-24(2,3)26-23(28)27-33(29,30)22-15-18(25)10-13-21(22)32-20-7-5-6-17(14-20)16-8-11-19(31-4)12-9-16;1-24-16-8-5-13(6-9-16)14-3-2-4-17(11-14)25-18-10-7-15(20)12-19(18)26(21,22)23;;/h5-15H,1-4H3,(H2,26,27,28);5-15H,25H2,1-4H3,(H2,26,27,28);2-12H,1H3,(H2,21,22,23);2*1H4. The van der Waals surface area contributed by atoms with Crippen molar-refractivity contribution in [3.8, 4) is 85.1 Å². The molecule has 0 aromatic heterocycles. The molecule has 0 spiro atoms. The molecule has 0 heterocycles. The molecule has 0 saturated heterocycles. The lowest BCUT2D eigenvalue weighted by Gasteiger charge is -2.21. The van der Waals surface area contributed by atoms with Crippen LogP contribution in [0.15, 0.2) is 215 Å². The van der Waals surface area contributed by atoms with Gasteiger partial charge in [0.1, 0.15) is 66.4 Å². The maximum atomic E-state index is 12.9. The Balaban J connectivity index is 0.000000255. The first-order chi connectivity index (χ1) is 43.3. The third-order valence-electron chi connectivity index (χ3n) is 12.6. The Labute approximate surface area is 560 Å². The number of nitrogens with one attached hydrogen (secondary N) is 4. The number of hydrogen-bond acceptors (Lipinski definition) is 15. The lowest BCUT2D eigenvalue weighted by molar-refractivity contribution is 0.236. The predicted octanol–water partition coefficient (Wildman–Crippen LogP) is 15.8. The summed E-state index contributed by atoms with van der Waals surface area (Å²) >= 11 is 11.9. The fraction of sp³-hybridized carbons (Fsp3) is 0.188. The van der Waals surface area contributed by atoms with Gasteiger partial charge in [-0.3, -0.25) is 0 Å². The third kappa shape index (κ3) is 22.1. The fourth-order valence-corrected chi connectivity index (χ4v) is 11.7. The molecular weight excluding hydrogens is 1300 g/mol. The summed E-state index contributed by atoms with van der Waals surface area (Å²) in [5.74, 6) is 3.74. The van der Waals surface area contributed by atoms with Crippen molar-refractivity contribution in [2.75, 3.05) is 27.1 Å². The fourth-order valence-electron chi connectivity index (χ4n) is 8.42. The number of nitrogens with two attached hydrogens (primary N) is 2. The summed E-state index contributed by atoms with van der Waals surface area (Å²) in [5.41, 5.74) is 10.3. The average Bonchev–Trinajstić information content (AvgIpc) is 1.23. The minimum atomic E-state index is -4.26. The van der Waals surface area contributed by atoms with E-state index in [0.29, 0.717) is 17.2 Å². The maximum absolute atomic E-state index is 12.9. The highest BCUT2D eigenvalue weighted by Gasteiger charge is 2.27. The van der Waals surface area contributed by atoms with Crippen LogP contribution in [-0.4, -0.2) is 69.7 Å². The van der Waals surface area contributed by atoms with Crippen LogP contribution in [0.4, 0.5) is 15.3 Å². The number of sulfonamides is 3. The summed E-state index contributed by atoms with van der Waals surface area (Å²) in [6.45, 7) is 10.4. The highest BCUT2D eigenvalue weighted by atomic mass is 35.5. The van der Waals surface area contributed by atoms with Gasteiger partial charge in [-0.05, 0) is 202 Å². The number of carbonyl (C=O) groups excluding carboxylic acids is 2. The van der Waals surface area contributed by atoms with E-state index in [4.69, 9.17) is 62.5 Å². The van der Waals surface area contributed by atoms with Crippen LogP contribution in [0.2, 0.25) is 10.0 Å². The topological polar surface area (TPSA) is 292 Å². The van der Waals surface area contributed by atoms with Crippen molar-refractivity contribution in [1.82, 2.24) is 20.1 Å². The lowest BCUT2D eigenvalue weighted by atomic mass is 10.1. The second kappa shape index (κ2) is 32.4. The number of hydrogen-bond donors (Lipinski definition) is 6. The summed E-state index contributed by atoms with van der Waals surface area (Å²) in [4.78, 5) is 23.7. The number of rotatable bonds is 17. The first-order valence-corrected chi connectivity index (χ1v) is 33.1. The van der Waals surface area contributed by atoms with E-state index in [1.165, 1.54) is 48.5 Å². The van der Waals surface area contributed by atoms with Gasteiger partial charge in [0.25, 0.3) is 20.0 Å². The highest BCUT2D eigenvalue weighted by molar-refractivity contribution is 7.90. The van der Waals surface area contributed by atoms with Gasteiger partial charge in [-0.2, -0.15) is 0 Å². The number of urea groups is 2. The van der Waals surface area contributed by atoms with Gasteiger partial charge in [-0.25, -0.2) is 49.4 Å². The Hall–Kier alpha value is -9.49. The van der Waals surface area contributed by atoms with Crippen LogP contribution < -0.4 is 59.4 Å². The van der Waals surface area contributed by atoms with Crippen molar-refractivity contribution in [2.45, 2.75) is 82.2 Å².